The van der Waals surface area contributed by atoms with Gasteiger partial charge in [-0.2, -0.15) is 18.2 Å². The maximum atomic E-state index is 3.82. The van der Waals surface area contributed by atoms with E-state index in [1.54, 1.807) is 0 Å². The molecule has 0 spiro atoms. The summed E-state index contributed by atoms with van der Waals surface area (Å²) < 4.78 is 0. The number of hydrogen-bond donors (Lipinski definition) is 0. The molecule has 0 nitrogen and oxygen atoms in total. The van der Waals surface area contributed by atoms with E-state index in [1.807, 2.05) is 11.8 Å². The molecule has 0 radical (unpaired) electrons. The maximum absolute atomic E-state index is 3.82. The summed E-state index contributed by atoms with van der Waals surface area (Å²) in [6.45, 7) is 3.82. The van der Waals surface area contributed by atoms with E-state index in [-0.39, 0.29) is 18.9 Å². The van der Waals surface area contributed by atoms with E-state index < -0.39 is 0 Å². The van der Waals surface area contributed by atoms with E-state index in [2.05, 4.69) is 13.2 Å². The van der Waals surface area contributed by atoms with Crippen LogP contribution in [0.15, 0.2) is 0 Å². The molecular weight excluding hydrogens is 147 g/mol. The number of unbranched alkanes of at least 4 members (excludes halogenated alkanes) is 5. The van der Waals surface area contributed by atoms with Gasteiger partial charge < -0.3 is 6.92 Å². The van der Waals surface area contributed by atoms with E-state index in [1.165, 1.54) is 37.9 Å². The maximum Gasteiger partial charge on any atom is 1.00 e. The van der Waals surface area contributed by atoms with E-state index in [0.29, 0.717) is 0 Å². The predicted molar refractivity (Wildman–Crippen MR) is 51.4 cm³/mol. The molecule has 0 rings (SSSR count). The first-order valence-electron chi connectivity index (χ1n) is 4.20. The topological polar surface area (TPSA) is 0 Å². The average Bonchev–Trinajstić information content (AvgIpc) is 1.97. The van der Waals surface area contributed by atoms with Gasteiger partial charge in [0.05, 0.1) is 0 Å². The van der Waals surface area contributed by atoms with Crippen LogP contribution in [-0.2, 0) is 0 Å². The van der Waals surface area contributed by atoms with E-state index >= 15 is 0 Å². The van der Waals surface area contributed by atoms with Gasteiger partial charge in [-0.25, -0.2) is 0 Å². The van der Waals surface area contributed by atoms with Crippen LogP contribution >= 0.6 is 11.8 Å². The first kappa shape index (κ1) is 14.5. The van der Waals surface area contributed by atoms with Crippen LogP contribution < -0.4 is 18.9 Å². The van der Waals surface area contributed by atoms with Crippen LogP contribution in [0.25, 0.3) is 0 Å². The largest absolute Gasteiger partial charge is 1.00 e. The fourth-order valence-electron chi connectivity index (χ4n) is 0.954. The van der Waals surface area contributed by atoms with Gasteiger partial charge in [-0.1, -0.05) is 25.7 Å². The smallest absolute Gasteiger partial charge is 0.343 e. The van der Waals surface area contributed by atoms with Gasteiger partial charge in [-0.05, 0) is 18.4 Å². The summed E-state index contributed by atoms with van der Waals surface area (Å²) in [5.74, 6) is 1.34. The summed E-state index contributed by atoms with van der Waals surface area (Å²) in [5.41, 5.74) is 0. The van der Waals surface area contributed by atoms with Crippen LogP contribution in [0.3, 0.4) is 0 Å². The van der Waals surface area contributed by atoms with Gasteiger partial charge in [0.15, 0.2) is 0 Å². The van der Waals surface area contributed by atoms with Gasteiger partial charge in [0.2, 0.25) is 0 Å². The molecule has 0 N–H and O–H groups in total. The molecule has 0 fully saturated rings. The summed E-state index contributed by atoms with van der Waals surface area (Å²) in [4.78, 5) is 0. The van der Waals surface area contributed by atoms with Crippen LogP contribution in [-0.4, -0.2) is 12.0 Å². The van der Waals surface area contributed by atoms with Crippen molar-refractivity contribution in [3.63, 3.8) is 0 Å². The van der Waals surface area contributed by atoms with E-state index in [0.717, 1.165) is 6.42 Å². The number of rotatable bonds is 7. The molecular formula is C9H19LiS. The second-order valence-electron chi connectivity index (χ2n) is 2.61. The molecule has 0 heterocycles. The molecule has 11 heavy (non-hydrogen) atoms. The van der Waals surface area contributed by atoms with E-state index in [4.69, 9.17) is 0 Å². The quantitative estimate of drug-likeness (QED) is 0.302. The Morgan fingerprint density at radius 2 is 1.55 bits per heavy atom. The van der Waals surface area contributed by atoms with Gasteiger partial charge in [0, 0.05) is 0 Å². The molecule has 0 saturated carbocycles. The Balaban J connectivity index is 0. The summed E-state index contributed by atoms with van der Waals surface area (Å²) in [7, 11) is 0. The first-order chi connectivity index (χ1) is 4.91. The molecule has 0 aromatic rings. The molecule has 0 aliphatic rings. The predicted octanol–water partition coefficient (Wildman–Crippen LogP) is 0.528. The second-order valence-corrected chi connectivity index (χ2v) is 3.60. The van der Waals surface area contributed by atoms with Crippen molar-refractivity contribution in [2.45, 2.75) is 38.5 Å². The van der Waals surface area contributed by atoms with Gasteiger partial charge in [0.25, 0.3) is 0 Å². The summed E-state index contributed by atoms with van der Waals surface area (Å²) in [5, 5.41) is 0. The standard InChI is InChI=1S/C9H19S.Li/c1-3-4-5-6-7-8-9-10-2;/h1,3-9H2,2H3;/q-1;+1. The zero-order chi connectivity index (χ0) is 7.66. The second kappa shape index (κ2) is 13.5. The van der Waals surface area contributed by atoms with Crippen LogP contribution in [0, 0.1) is 6.92 Å². The summed E-state index contributed by atoms with van der Waals surface area (Å²) >= 11 is 1.95. The zero-order valence-electron chi connectivity index (χ0n) is 8.07. The molecule has 0 amide bonds. The van der Waals surface area contributed by atoms with Crippen molar-refractivity contribution in [3.8, 4) is 0 Å². The minimum Gasteiger partial charge on any atom is -0.343 e. The molecule has 0 aromatic carbocycles. The fraction of sp³-hybridized carbons (Fsp3) is 0.889. The zero-order valence-corrected chi connectivity index (χ0v) is 8.88. The van der Waals surface area contributed by atoms with Crippen molar-refractivity contribution in [2.75, 3.05) is 12.0 Å². The van der Waals surface area contributed by atoms with Gasteiger partial charge >= 0.3 is 18.9 Å². The van der Waals surface area contributed by atoms with Crippen molar-refractivity contribution in [2.24, 2.45) is 0 Å². The molecule has 0 aliphatic carbocycles. The van der Waals surface area contributed by atoms with Crippen molar-refractivity contribution >= 4 is 11.8 Å². The minimum atomic E-state index is 0. The molecule has 0 unspecified atom stereocenters. The third-order valence-electron chi connectivity index (χ3n) is 1.60. The molecule has 0 atom stereocenters. The SMILES string of the molecule is [CH2-]CCCCCCCSC.[Li+]. The Labute approximate surface area is 88.1 Å². The number of hydrogen-bond acceptors (Lipinski definition) is 1. The molecule has 0 aliphatic heterocycles. The normalized spacial score (nSPS) is 9.27. The van der Waals surface area contributed by atoms with E-state index in [9.17, 15) is 0 Å². The van der Waals surface area contributed by atoms with Gasteiger partial charge in [-0.3, -0.25) is 0 Å². The van der Waals surface area contributed by atoms with Gasteiger partial charge in [-0.15, -0.1) is 0 Å². The van der Waals surface area contributed by atoms with Crippen LogP contribution in [0.2, 0.25) is 0 Å². The third-order valence-corrected chi connectivity index (χ3v) is 2.30. The minimum absolute atomic E-state index is 0. The summed E-state index contributed by atoms with van der Waals surface area (Å²) in [6.07, 6.45) is 10.2. The number of thioether (sulfide) groups is 1. The third kappa shape index (κ3) is 13.9. The van der Waals surface area contributed by atoms with Crippen LogP contribution in [0.4, 0.5) is 0 Å². The Kier molecular flexibility index (Phi) is 17.8. The molecule has 62 valence electrons. The average molecular weight is 166 g/mol. The molecule has 0 saturated heterocycles. The van der Waals surface area contributed by atoms with Crippen molar-refractivity contribution < 1.29 is 18.9 Å². The first-order valence-corrected chi connectivity index (χ1v) is 5.59. The van der Waals surface area contributed by atoms with Crippen LogP contribution in [0.1, 0.15) is 38.5 Å². The van der Waals surface area contributed by atoms with Crippen molar-refractivity contribution in [1.29, 1.82) is 0 Å². The molecule has 0 aromatic heterocycles. The molecule has 0 bridgehead atoms. The van der Waals surface area contributed by atoms with Crippen molar-refractivity contribution in [1.82, 2.24) is 0 Å². The van der Waals surface area contributed by atoms with Gasteiger partial charge in [0.1, 0.15) is 0 Å². The monoisotopic (exact) mass is 166 g/mol. The Morgan fingerprint density at radius 1 is 1.00 bits per heavy atom. The Hall–Kier alpha value is 0.947. The molecule has 2 heteroatoms. The fourth-order valence-corrected chi connectivity index (χ4v) is 1.45. The summed E-state index contributed by atoms with van der Waals surface area (Å²) in [6, 6.07) is 0. The Morgan fingerprint density at radius 3 is 2.09 bits per heavy atom. The Bertz CT molecular complexity index is 49.5. The van der Waals surface area contributed by atoms with Crippen LogP contribution in [0.5, 0.6) is 0 Å². The van der Waals surface area contributed by atoms with Crippen molar-refractivity contribution in [3.05, 3.63) is 6.92 Å².